The number of aliphatic imine (C=N–C) groups is 1. The van der Waals surface area contributed by atoms with Crippen molar-refractivity contribution in [3.8, 4) is 0 Å². The molecular formula is C5H7NO3. The molecule has 0 amide bonds. The van der Waals surface area contributed by atoms with Crippen LogP contribution in [0.5, 0.6) is 0 Å². The van der Waals surface area contributed by atoms with E-state index >= 15 is 0 Å². The molecule has 0 rings (SSSR count). The number of isocyanates is 1. The Labute approximate surface area is 52.5 Å². The molecule has 0 aromatic heterocycles. The predicted octanol–water partition coefficient (Wildman–Crippen LogP) is -0.115. The zero-order chi connectivity index (χ0) is 7.11. The molecule has 0 aromatic rings. The number of hydrogen-bond acceptors (Lipinski definition) is 4. The van der Waals surface area contributed by atoms with E-state index in [0.717, 1.165) is 0 Å². The fourth-order valence-corrected chi connectivity index (χ4v) is 0.295. The molecular weight excluding hydrogens is 122 g/mol. The van der Waals surface area contributed by atoms with Gasteiger partial charge in [0, 0.05) is 0 Å². The van der Waals surface area contributed by atoms with Gasteiger partial charge in [0.05, 0.1) is 20.1 Å². The van der Waals surface area contributed by atoms with E-state index in [2.05, 4.69) is 9.73 Å². The second kappa shape index (κ2) is 5.00. The van der Waals surface area contributed by atoms with Gasteiger partial charge in [0.1, 0.15) is 0 Å². The summed E-state index contributed by atoms with van der Waals surface area (Å²) in [6, 6.07) is 0. The number of carbonyl (C=O) groups is 1. The van der Waals surface area contributed by atoms with Crippen molar-refractivity contribution < 1.29 is 14.3 Å². The lowest BCUT2D eigenvalue weighted by Gasteiger charge is -1.91. The van der Waals surface area contributed by atoms with E-state index in [1.54, 1.807) is 0 Å². The molecule has 0 spiro atoms. The Balaban J connectivity index is 3.27. The molecule has 0 N–H and O–H groups in total. The number of carbonyl (C=O) groups excluding carboxylic acids is 2. The van der Waals surface area contributed by atoms with Crippen LogP contribution in [0, 0.1) is 0 Å². The molecule has 50 valence electrons. The summed E-state index contributed by atoms with van der Waals surface area (Å²) in [6.07, 6.45) is 1.46. The summed E-state index contributed by atoms with van der Waals surface area (Å²) in [7, 11) is 1.28. The Morgan fingerprint density at radius 2 is 2.44 bits per heavy atom. The van der Waals surface area contributed by atoms with Crippen LogP contribution < -0.4 is 0 Å². The Kier molecular flexibility index (Phi) is 4.36. The van der Waals surface area contributed by atoms with Crippen LogP contribution >= 0.6 is 0 Å². The minimum atomic E-state index is -0.367. The highest BCUT2D eigenvalue weighted by molar-refractivity contribution is 5.69. The smallest absolute Gasteiger partial charge is 0.307 e. The molecule has 0 heterocycles. The predicted molar refractivity (Wildman–Crippen MR) is 29.6 cm³/mol. The molecule has 0 aliphatic rings. The molecule has 0 aliphatic heterocycles. The van der Waals surface area contributed by atoms with E-state index in [4.69, 9.17) is 0 Å². The minimum absolute atomic E-state index is 0.145. The van der Waals surface area contributed by atoms with Crippen LogP contribution in [0.3, 0.4) is 0 Å². The van der Waals surface area contributed by atoms with Gasteiger partial charge in [-0.2, -0.15) is 0 Å². The van der Waals surface area contributed by atoms with Gasteiger partial charge in [0.25, 0.3) is 0 Å². The molecule has 4 heteroatoms. The van der Waals surface area contributed by atoms with Crippen molar-refractivity contribution in [2.24, 2.45) is 4.99 Å². The van der Waals surface area contributed by atoms with E-state index in [9.17, 15) is 9.59 Å². The SMILES string of the molecule is COC(=O)CCN=C=O. The van der Waals surface area contributed by atoms with Crippen LogP contribution in [0.4, 0.5) is 0 Å². The minimum Gasteiger partial charge on any atom is -0.469 e. The maximum atomic E-state index is 10.3. The van der Waals surface area contributed by atoms with E-state index in [1.165, 1.54) is 13.2 Å². The summed E-state index contributed by atoms with van der Waals surface area (Å²) >= 11 is 0. The quantitative estimate of drug-likeness (QED) is 0.303. The summed E-state index contributed by atoms with van der Waals surface area (Å²) < 4.78 is 4.27. The first-order valence-electron chi connectivity index (χ1n) is 2.41. The van der Waals surface area contributed by atoms with Gasteiger partial charge in [-0.25, -0.2) is 9.79 Å². The van der Waals surface area contributed by atoms with E-state index in [0.29, 0.717) is 0 Å². The Bertz CT molecular complexity index is 137. The van der Waals surface area contributed by atoms with Gasteiger partial charge in [-0.3, -0.25) is 4.79 Å². The summed E-state index contributed by atoms with van der Waals surface area (Å²) in [6.45, 7) is 0.163. The van der Waals surface area contributed by atoms with E-state index < -0.39 is 0 Å². The van der Waals surface area contributed by atoms with E-state index in [-0.39, 0.29) is 18.9 Å². The summed E-state index contributed by atoms with van der Waals surface area (Å²) in [4.78, 5) is 22.9. The van der Waals surface area contributed by atoms with Gasteiger partial charge in [0.2, 0.25) is 6.08 Å². The Morgan fingerprint density at radius 1 is 1.78 bits per heavy atom. The van der Waals surface area contributed by atoms with E-state index in [1.807, 2.05) is 0 Å². The normalized spacial score (nSPS) is 7.67. The van der Waals surface area contributed by atoms with Crippen LogP contribution in [0.15, 0.2) is 4.99 Å². The monoisotopic (exact) mass is 129 g/mol. The lowest BCUT2D eigenvalue weighted by Crippen LogP contribution is -2.01. The maximum Gasteiger partial charge on any atom is 0.307 e. The highest BCUT2D eigenvalue weighted by Crippen LogP contribution is 1.82. The summed E-state index contributed by atoms with van der Waals surface area (Å²) in [5.74, 6) is -0.367. The van der Waals surface area contributed by atoms with Crippen LogP contribution in [0.25, 0.3) is 0 Å². The van der Waals surface area contributed by atoms with Crippen molar-refractivity contribution in [3.63, 3.8) is 0 Å². The molecule has 0 fully saturated rings. The van der Waals surface area contributed by atoms with Crippen molar-refractivity contribution in [3.05, 3.63) is 0 Å². The van der Waals surface area contributed by atoms with Crippen LogP contribution in [0.2, 0.25) is 0 Å². The fraction of sp³-hybridized carbons (Fsp3) is 0.600. The van der Waals surface area contributed by atoms with Crippen molar-refractivity contribution in [2.45, 2.75) is 6.42 Å². The number of hydrogen-bond donors (Lipinski definition) is 0. The number of nitrogens with zero attached hydrogens (tertiary/aromatic N) is 1. The topological polar surface area (TPSA) is 55.7 Å². The molecule has 0 saturated carbocycles. The van der Waals surface area contributed by atoms with Crippen molar-refractivity contribution in [1.82, 2.24) is 0 Å². The molecule has 0 aromatic carbocycles. The third-order valence-electron chi connectivity index (χ3n) is 0.720. The largest absolute Gasteiger partial charge is 0.469 e. The van der Waals surface area contributed by atoms with Gasteiger partial charge in [-0.15, -0.1) is 0 Å². The van der Waals surface area contributed by atoms with Crippen molar-refractivity contribution in [2.75, 3.05) is 13.7 Å². The molecule has 0 atom stereocenters. The maximum absolute atomic E-state index is 10.3. The zero-order valence-corrected chi connectivity index (χ0v) is 5.09. The summed E-state index contributed by atoms with van der Waals surface area (Å²) in [5.41, 5.74) is 0. The van der Waals surface area contributed by atoms with Gasteiger partial charge < -0.3 is 4.74 Å². The molecule has 0 aliphatic carbocycles. The molecule has 0 saturated heterocycles. The number of rotatable bonds is 3. The van der Waals surface area contributed by atoms with Gasteiger partial charge >= 0.3 is 5.97 Å². The standard InChI is InChI=1S/C5H7NO3/c1-9-5(8)2-3-6-4-7/h2-3H2,1H3. The highest BCUT2D eigenvalue weighted by atomic mass is 16.5. The average Bonchev–Trinajstić information content (AvgIpc) is 1.89. The molecule has 0 unspecified atom stereocenters. The summed E-state index contributed by atoms with van der Waals surface area (Å²) in [5, 5.41) is 0. The first kappa shape index (κ1) is 7.85. The number of ether oxygens (including phenoxy) is 1. The first-order valence-corrected chi connectivity index (χ1v) is 2.41. The van der Waals surface area contributed by atoms with Gasteiger partial charge in [-0.05, 0) is 0 Å². The van der Waals surface area contributed by atoms with Crippen molar-refractivity contribution in [1.29, 1.82) is 0 Å². The second-order valence-electron chi connectivity index (χ2n) is 1.30. The van der Waals surface area contributed by atoms with Gasteiger partial charge in [-0.1, -0.05) is 0 Å². The molecule has 0 bridgehead atoms. The second-order valence-corrected chi connectivity index (χ2v) is 1.30. The third-order valence-corrected chi connectivity index (χ3v) is 0.720. The first-order chi connectivity index (χ1) is 4.31. The Hall–Kier alpha value is -1.15. The van der Waals surface area contributed by atoms with Crippen LogP contribution in [-0.4, -0.2) is 25.7 Å². The molecule has 0 radical (unpaired) electrons. The molecule has 9 heavy (non-hydrogen) atoms. The molecule has 4 nitrogen and oxygen atoms in total. The number of methoxy groups -OCH3 is 1. The fourth-order valence-electron chi connectivity index (χ4n) is 0.295. The van der Waals surface area contributed by atoms with Crippen LogP contribution in [0.1, 0.15) is 6.42 Å². The number of esters is 1. The lowest BCUT2D eigenvalue weighted by molar-refractivity contribution is -0.140. The highest BCUT2D eigenvalue weighted by Gasteiger charge is 1.95. The zero-order valence-electron chi connectivity index (χ0n) is 5.09. The Morgan fingerprint density at radius 3 is 2.89 bits per heavy atom. The van der Waals surface area contributed by atoms with Crippen molar-refractivity contribution >= 4 is 12.0 Å². The van der Waals surface area contributed by atoms with Crippen LogP contribution in [-0.2, 0) is 14.3 Å². The average molecular weight is 129 g/mol. The third kappa shape index (κ3) is 4.71. The van der Waals surface area contributed by atoms with Gasteiger partial charge in [0.15, 0.2) is 0 Å². The lowest BCUT2D eigenvalue weighted by atomic mass is 10.4.